The van der Waals surface area contributed by atoms with Crippen molar-refractivity contribution in [2.24, 2.45) is 5.41 Å². The minimum Gasteiger partial charge on any atom is -0.334 e. The molecular formula is C21H28N2O. The van der Waals surface area contributed by atoms with Gasteiger partial charge in [-0.05, 0) is 23.5 Å². The van der Waals surface area contributed by atoms with E-state index in [0.29, 0.717) is 19.6 Å². The van der Waals surface area contributed by atoms with Crippen LogP contribution in [-0.2, 0) is 13.1 Å². The first-order valence-electron chi connectivity index (χ1n) is 8.46. The number of carbonyl (C=O) groups excluding carboxylic acids is 1. The Balaban J connectivity index is 2.03. The van der Waals surface area contributed by atoms with Gasteiger partial charge >= 0.3 is 6.03 Å². The van der Waals surface area contributed by atoms with Gasteiger partial charge in [0.25, 0.3) is 0 Å². The van der Waals surface area contributed by atoms with Crippen molar-refractivity contribution in [3.05, 3.63) is 71.3 Å². The Labute approximate surface area is 145 Å². The van der Waals surface area contributed by atoms with Gasteiger partial charge in [0.15, 0.2) is 0 Å². The lowest BCUT2D eigenvalue weighted by Gasteiger charge is -2.30. The number of hydrogen-bond donors (Lipinski definition) is 1. The standard InChI is InChI=1S/C21H28N2O/c1-17-9-8-12-19(13-17)14-22-20(24)23(16-21(2,3)4)15-18-10-6-5-7-11-18/h5-13H,14-16H2,1-4H3,(H,22,24). The zero-order chi connectivity index (χ0) is 17.6. The van der Waals surface area contributed by atoms with Crippen molar-refractivity contribution in [3.8, 4) is 0 Å². The van der Waals surface area contributed by atoms with E-state index < -0.39 is 0 Å². The lowest BCUT2D eigenvalue weighted by Crippen LogP contribution is -2.43. The van der Waals surface area contributed by atoms with Crippen LogP contribution < -0.4 is 5.32 Å². The highest BCUT2D eigenvalue weighted by Gasteiger charge is 2.21. The van der Waals surface area contributed by atoms with Gasteiger partial charge in [-0.15, -0.1) is 0 Å². The highest BCUT2D eigenvalue weighted by atomic mass is 16.2. The fraction of sp³-hybridized carbons (Fsp3) is 0.381. The van der Waals surface area contributed by atoms with Crippen molar-refractivity contribution >= 4 is 6.03 Å². The minimum absolute atomic E-state index is 0.0183. The van der Waals surface area contributed by atoms with Crippen molar-refractivity contribution in [2.75, 3.05) is 6.54 Å². The molecule has 128 valence electrons. The molecule has 0 aliphatic rings. The molecule has 0 aromatic heterocycles. The van der Waals surface area contributed by atoms with E-state index in [2.05, 4.69) is 57.3 Å². The summed E-state index contributed by atoms with van der Waals surface area (Å²) in [6.45, 7) is 10.4. The number of hydrogen-bond acceptors (Lipinski definition) is 1. The summed E-state index contributed by atoms with van der Waals surface area (Å²) in [6, 6.07) is 18.3. The van der Waals surface area contributed by atoms with Crippen LogP contribution in [-0.4, -0.2) is 17.5 Å². The number of nitrogens with zero attached hydrogens (tertiary/aromatic N) is 1. The van der Waals surface area contributed by atoms with Crippen LogP contribution in [0.4, 0.5) is 4.79 Å². The lowest BCUT2D eigenvalue weighted by molar-refractivity contribution is 0.169. The third kappa shape index (κ3) is 6.07. The van der Waals surface area contributed by atoms with Gasteiger partial charge in [-0.25, -0.2) is 4.79 Å². The van der Waals surface area contributed by atoms with Crippen molar-refractivity contribution < 1.29 is 4.79 Å². The normalized spacial score (nSPS) is 11.2. The molecule has 0 atom stereocenters. The topological polar surface area (TPSA) is 32.3 Å². The fourth-order valence-electron chi connectivity index (χ4n) is 2.69. The first kappa shape index (κ1) is 18.1. The van der Waals surface area contributed by atoms with Crippen LogP contribution in [0.1, 0.15) is 37.5 Å². The van der Waals surface area contributed by atoms with Gasteiger partial charge in [0.1, 0.15) is 0 Å². The van der Waals surface area contributed by atoms with Gasteiger partial charge in [-0.1, -0.05) is 80.9 Å². The molecule has 3 nitrogen and oxygen atoms in total. The van der Waals surface area contributed by atoms with E-state index in [1.807, 2.05) is 35.2 Å². The van der Waals surface area contributed by atoms with Crippen LogP contribution in [0.2, 0.25) is 0 Å². The van der Waals surface area contributed by atoms with Gasteiger partial charge in [0.2, 0.25) is 0 Å². The van der Waals surface area contributed by atoms with Crippen molar-refractivity contribution in [1.29, 1.82) is 0 Å². The number of benzene rings is 2. The Bertz CT molecular complexity index is 659. The molecule has 2 aromatic carbocycles. The molecule has 0 bridgehead atoms. The molecule has 0 aliphatic heterocycles. The SMILES string of the molecule is Cc1cccc(CNC(=O)N(Cc2ccccc2)CC(C)(C)C)c1. The van der Waals surface area contributed by atoms with E-state index in [-0.39, 0.29) is 11.4 Å². The number of nitrogens with one attached hydrogen (secondary N) is 1. The van der Waals surface area contributed by atoms with Crippen LogP contribution in [0.3, 0.4) is 0 Å². The van der Waals surface area contributed by atoms with Crippen LogP contribution in [0.15, 0.2) is 54.6 Å². The Hall–Kier alpha value is -2.29. The van der Waals surface area contributed by atoms with Crippen molar-refractivity contribution in [1.82, 2.24) is 10.2 Å². The van der Waals surface area contributed by atoms with E-state index in [1.54, 1.807) is 0 Å². The third-order valence-corrected chi connectivity index (χ3v) is 3.69. The summed E-state index contributed by atoms with van der Waals surface area (Å²) in [5, 5.41) is 3.06. The minimum atomic E-state index is -0.0183. The molecule has 0 radical (unpaired) electrons. The van der Waals surface area contributed by atoms with E-state index in [4.69, 9.17) is 0 Å². The Morgan fingerprint density at radius 1 is 1.00 bits per heavy atom. The van der Waals surface area contributed by atoms with Crippen LogP contribution in [0.25, 0.3) is 0 Å². The smallest absolute Gasteiger partial charge is 0.317 e. The van der Waals surface area contributed by atoms with Gasteiger partial charge in [-0.2, -0.15) is 0 Å². The lowest BCUT2D eigenvalue weighted by atomic mass is 9.96. The highest BCUT2D eigenvalue weighted by molar-refractivity contribution is 5.74. The summed E-state index contributed by atoms with van der Waals surface area (Å²) < 4.78 is 0. The van der Waals surface area contributed by atoms with Crippen LogP contribution in [0, 0.1) is 12.3 Å². The quantitative estimate of drug-likeness (QED) is 0.845. The Kier molecular flexibility index (Phi) is 6.02. The first-order chi connectivity index (χ1) is 11.3. The summed E-state index contributed by atoms with van der Waals surface area (Å²) >= 11 is 0. The molecule has 0 unspecified atom stereocenters. The second kappa shape index (κ2) is 8.00. The predicted molar refractivity (Wildman–Crippen MR) is 99.7 cm³/mol. The second-order valence-corrected chi connectivity index (χ2v) is 7.55. The van der Waals surface area contributed by atoms with Crippen LogP contribution in [0.5, 0.6) is 0 Å². The van der Waals surface area contributed by atoms with E-state index in [0.717, 1.165) is 11.1 Å². The molecule has 2 aromatic rings. The molecule has 0 fully saturated rings. The summed E-state index contributed by atoms with van der Waals surface area (Å²) in [5.41, 5.74) is 3.53. The molecule has 2 amide bonds. The maximum Gasteiger partial charge on any atom is 0.317 e. The average Bonchev–Trinajstić information content (AvgIpc) is 2.52. The number of urea groups is 1. The zero-order valence-electron chi connectivity index (χ0n) is 15.2. The third-order valence-electron chi connectivity index (χ3n) is 3.69. The van der Waals surface area contributed by atoms with Crippen molar-refractivity contribution in [2.45, 2.75) is 40.8 Å². The second-order valence-electron chi connectivity index (χ2n) is 7.55. The number of rotatable bonds is 5. The number of amides is 2. The van der Waals surface area contributed by atoms with Crippen molar-refractivity contribution in [3.63, 3.8) is 0 Å². The molecule has 0 heterocycles. The molecule has 24 heavy (non-hydrogen) atoms. The molecule has 0 spiro atoms. The molecule has 0 aliphatic carbocycles. The summed E-state index contributed by atoms with van der Waals surface area (Å²) in [5.74, 6) is 0. The maximum absolute atomic E-state index is 12.7. The highest BCUT2D eigenvalue weighted by Crippen LogP contribution is 2.17. The Morgan fingerprint density at radius 2 is 1.67 bits per heavy atom. The van der Waals surface area contributed by atoms with Gasteiger partial charge < -0.3 is 10.2 Å². The molecule has 2 rings (SSSR count). The van der Waals surface area contributed by atoms with E-state index in [1.165, 1.54) is 5.56 Å². The number of aryl methyl sites for hydroxylation is 1. The molecular weight excluding hydrogens is 296 g/mol. The zero-order valence-corrected chi connectivity index (χ0v) is 15.2. The fourth-order valence-corrected chi connectivity index (χ4v) is 2.69. The summed E-state index contributed by atoms with van der Waals surface area (Å²) in [7, 11) is 0. The molecule has 1 N–H and O–H groups in total. The summed E-state index contributed by atoms with van der Waals surface area (Å²) in [4.78, 5) is 14.6. The molecule has 0 saturated carbocycles. The van der Waals surface area contributed by atoms with Crippen LogP contribution >= 0.6 is 0 Å². The van der Waals surface area contributed by atoms with Gasteiger partial charge in [0.05, 0.1) is 0 Å². The first-order valence-corrected chi connectivity index (χ1v) is 8.46. The van der Waals surface area contributed by atoms with Gasteiger partial charge in [0, 0.05) is 19.6 Å². The van der Waals surface area contributed by atoms with Gasteiger partial charge in [-0.3, -0.25) is 0 Å². The maximum atomic E-state index is 12.7. The largest absolute Gasteiger partial charge is 0.334 e. The van der Waals surface area contributed by atoms with E-state index in [9.17, 15) is 4.79 Å². The van der Waals surface area contributed by atoms with E-state index >= 15 is 0 Å². The number of carbonyl (C=O) groups is 1. The average molecular weight is 324 g/mol. The predicted octanol–water partition coefficient (Wildman–Crippen LogP) is 4.75. The summed E-state index contributed by atoms with van der Waals surface area (Å²) in [6.07, 6.45) is 0. The molecule has 0 saturated heterocycles. The molecule has 3 heteroatoms. The Morgan fingerprint density at radius 3 is 2.29 bits per heavy atom. The monoisotopic (exact) mass is 324 g/mol.